The van der Waals surface area contributed by atoms with Crippen LogP contribution in [0.3, 0.4) is 0 Å². The molecule has 2 aromatic carbocycles. The third kappa shape index (κ3) is 4.02. The number of carbonyl (C=O) groups is 1. The fraction of sp³-hybridized carbons (Fsp3) is 0.381. The molecular weight excluding hydrogens is 348 g/mol. The lowest BCUT2D eigenvalue weighted by molar-refractivity contribution is 0.0747. The fourth-order valence-corrected chi connectivity index (χ4v) is 3.90. The maximum atomic E-state index is 12.9. The maximum Gasteiger partial charge on any atom is 0.254 e. The van der Waals surface area contributed by atoms with E-state index in [1.807, 2.05) is 53.4 Å². The minimum atomic E-state index is 0.0938. The summed E-state index contributed by atoms with van der Waals surface area (Å²) in [6, 6.07) is 16.1. The number of amides is 1. The fourth-order valence-electron chi connectivity index (χ4n) is 3.78. The first-order valence-corrected chi connectivity index (χ1v) is 9.58. The SMILES string of the molecule is O=C(c1cccc(OCc2ccc(Cl)cc2)c1)N1CCC2CCC(C1)N2. The summed E-state index contributed by atoms with van der Waals surface area (Å²) in [6.07, 6.45) is 3.44. The molecule has 2 bridgehead atoms. The van der Waals surface area contributed by atoms with Gasteiger partial charge >= 0.3 is 0 Å². The van der Waals surface area contributed by atoms with E-state index in [1.54, 1.807) is 0 Å². The summed E-state index contributed by atoms with van der Waals surface area (Å²) in [4.78, 5) is 14.9. The Kier molecular flexibility index (Phi) is 5.14. The summed E-state index contributed by atoms with van der Waals surface area (Å²) in [7, 11) is 0. The lowest BCUT2D eigenvalue weighted by atomic mass is 10.1. The van der Waals surface area contributed by atoms with E-state index in [4.69, 9.17) is 16.3 Å². The van der Waals surface area contributed by atoms with E-state index in [1.165, 1.54) is 12.8 Å². The van der Waals surface area contributed by atoms with Gasteiger partial charge in [0.05, 0.1) is 0 Å². The second-order valence-electron chi connectivity index (χ2n) is 7.12. The smallest absolute Gasteiger partial charge is 0.254 e. The molecule has 2 saturated heterocycles. The third-order valence-electron chi connectivity index (χ3n) is 5.21. The normalized spacial score (nSPS) is 22.1. The summed E-state index contributed by atoms with van der Waals surface area (Å²) in [5.74, 6) is 0.802. The molecule has 2 aliphatic heterocycles. The summed E-state index contributed by atoms with van der Waals surface area (Å²) < 4.78 is 5.86. The summed E-state index contributed by atoms with van der Waals surface area (Å²) >= 11 is 5.91. The molecule has 2 aromatic rings. The van der Waals surface area contributed by atoms with Crippen LogP contribution in [0.1, 0.15) is 35.2 Å². The second-order valence-corrected chi connectivity index (χ2v) is 7.56. The highest BCUT2D eigenvalue weighted by molar-refractivity contribution is 6.30. The van der Waals surface area contributed by atoms with E-state index in [9.17, 15) is 4.79 Å². The largest absolute Gasteiger partial charge is 0.489 e. The highest BCUT2D eigenvalue weighted by Gasteiger charge is 2.31. The van der Waals surface area contributed by atoms with Crippen molar-refractivity contribution in [2.24, 2.45) is 0 Å². The maximum absolute atomic E-state index is 12.9. The van der Waals surface area contributed by atoms with E-state index >= 15 is 0 Å². The molecule has 0 saturated carbocycles. The Morgan fingerprint density at radius 2 is 1.92 bits per heavy atom. The number of hydrogen-bond donors (Lipinski definition) is 1. The van der Waals surface area contributed by atoms with Gasteiger partial charge in [0.1, 0.15) is 12.4 Å². The van der Waals surface area contributed by atoms with Crippen molar-refractivity contribution < 1.29 is 9.53 Å². The highest BCUT2D eigenvalue weighted by atomic mass is 35.5. The van der Waals surface area contributed by atoms with Crippen LogP contribution in [-0.4, -0.2) is 36.0 Å². The number of likely N-dealkylation sites (tertiary alicyclic amines) is 1. The second kappa shape index (κ2) is 7.68. The summed E-state index contributed by atoms with van der Waals surface area (Å²) in [6.45, 7) is 2.07. The molecule has 0 aliphatic carbocycles. The van der Waals surface area contributed by atoms with E-state index in [0.717, 1.165) is 25.1 Å². The van der Waals surface area contributed by atoms with Gasteiger partial charge in [-0.2, -0.15) is 0 Å². The zero-order chi connectivity index (χ0) is 17.9. The number of halogens is 1. The Hall–Kier alpha value is -2.04. The molecule has 1 amide bonds. The molecule has 26 heavy (non-hydrogen) atoms. The number of benzene rings is 2. The first-order chi connectivity index (χ1) is 12.7. The molecule has 0 aromatic heterocycles. The molecule has 2 unspecified atom stereocenters. The minimum Gasteiger partial charge on any atom is -0.489 e. The number of hydrogen-bond acceptors (Lipinski definition) is 3. The molecular formula is C21H23ClN2O2. The van der Waals surface area contributed by atoms with Crippen LogP contribution in [0.15, 0.2) is 48.5 Å². The summed E-state index contributed by atoms with van der Waals surface area (Å²) in [5, 5.41) is 4.33. The van der Waals surface area contributed by atoms with Crippen LogP contribution in [0.25, 0.3) is 0 Å². The Balaban J connectivity index is 1.41. The van der Waals surface area contributed by atoms with Crippen molar-refractivity contribution in [3.63, 3.8) is 0 Å². The van der Waals surface area contributed by atoms with Crippen molar-refractivity contribution in [2.75, 3.05) is 13.1 Å². The predicted octanol–water partition coefficient (Wildman–Crippen LogP) is 3.89. The molecule has 4 nitrogen and oxygen atoms in total. The monoisotopic (exact) mass is 370 g/mol. The summed E-state index contributed by atoms with van der Waals surface area (Å²) in [5.41, 5.74) is 1.73. The zero-order valence-electron chi connectivity index (χ0n) is 14.7. The minimum absolute atomic E-state index is 0.0938. The number of carbonyl (C=O) groups excluding carboxylic acids is 1. The van der Waals surface area contributed by atoms with Gasteiger partial charge in [-0.15, -0.1) is 0 Å². The zero-order valence-corrected chi connectivity index (χ0v) is 15.4. The van der Waals surface area contributed by atoms with Gasteiger partial charge in [0.25, 0.3) is 5.91 Å². The van der Waals surface area contributed by atoms with Gasteiger partial charge in [-0.25, -0.2) is 0 Å². The Morgan fingerprint density at radius 1 is 1.12 bits per heavy atom. The Labute approximate surface area is 159 Å². The van der Waals surface area contributed by atoms with Crippen LogP contribution < -0.4 is 10.1 Å². The van der Waals surface area contributed by atoms with Gasteiger partial charge in [-0.05, 0) is 55.2 Å². The van der Waals surface area contributed by atoms with Gasteiger partial charge in [0.2, 0.25) is 0 Å². The number of fused-ring (bicyclic) bond motifs is 2. The molecule has 1 N–H and O–H groups in total. The first-order valence-electron chi connectivity index (χ1n) is 9.20. The van der Waals surface area contributed by atoms with Crippen LogP contribution in [0, 0.1) is 0 Å². The van der Waals surface area contributed by atoms with E-state index in [2.05, 4.69) is 5.32 Å². The molecule has 4 rings (SSSR count). The van der Waals surface area contributed by atoms with Gasteiger partial charge < -0.3 is 15.0 Å². The third-order valence-corrected chi connectivity index (χ3v) is 5.46. The van der Waals surface area contributed by atoms with Crippen molar-refractivity contribution in [2.45, 2.75) is 38.0 Å². The van der Waals surface area contributed by atoms with Crippen LogP contribution in [0.4, 0.5) is 0 Å². The van der Waals surface area contributed by atoms with E-state index < -0.39 is 0 Å². The average Bonchev–Trinajstić information content (AvgIpc) is 3.00. The Morgan fingerprint density at radius 3 is 2.77 bits per heavy atom. The molecule has 2 fully saturated rings. The lowest BCUT2D eigenvalue weighted by Gasteiger charge is -2.24. The number of rotatable bonds is 4. The number of nitrogens with zero attached hydrogens (tertiary/aromatic N) is 1. The highest BCUT2D eigenvalue weighted by Crippen LogP contribution is 2.23. The Bertz CT molecular complexity index is 778. The molecule has 136 valence electrons. The van der Waals surface area contributed by atoms with E-state index in [-0.39, 0.29) is 5.91 Å². The standard InChI is InChI=1S/C21H23ClN2O2/c22-17-6-4-15(5-7-17)14-26-20-3-1-2-16(12-20)21(25)24-11-10-18-8-9-19(13-24)23-18/h1-7,12,18-19,23H,8-11,13-14H2. The lowest BCUT2D eigenvalue weighted by Crippen LogP contribution is -2.39. The molecule has 2 atom stereocenters. The van der Waals surface area contributed by atoms with E-state index in [0.29, 0.717) is 35.0 Å². The number of nitrogens with one attached hydrogen (secondary N) is 1. The average molecular weight is 371 g/mol. The van der Waals surface area contributed by atoms with Crippen molar-refractivity contribution in [3.05, 3.63) is 64.7 Å². The number of ether oxygens (including phenoxy) is 1. The molecule has 2 heterocycles. The van der Waals surface area contributed by atoms with Crippen LogP contribution in [-0.2, 0) is 6.61 Å². The van der Waals surface area contributed by atoms with Gasteiger partial charge in [0.15, 0.2) is 0 Å². The van der Waals surface area contributed by atoms with Crippen molar-refractivity contribution in [1.82, 2.24) is 10.2 Å². The van der Waals surface area contributed by atoms with Gasteiger partial charge in [-0.3, -0.25) is 4.79 Å². The van der Waals surface area contributed by atoms with Crippen LogP contribution in [0.2, 0.25) is 5.02 Å². The molecule has 0 radical (unpaired) electrons. The topological polar surface area (TPSA) is 41.6 Å². The molecule has 5 heteroatoms. The van der Waals surface area contributed by atoms with Gasteiger partial charge in [0, 0.05) is 35.8 Å². The molecule has 2 aliphatic rings. The van der Waals surface area contributed by atoms with Gasteiger partial charge in [-0.1, -0.05) is 29.8 Å². The quantitative estimate of drug-likeness (QED) is 0.887. The predicted molar refractivity (Wildman–Crippen MR) is 103 cm³/mol. The van der Waals surface area contributed by atoms with Crippen LogP contribution in [0.5, 0.6) is 5.75 Å². The molecule has 0 spiro atoms. The van der Waals surface area contributed by atoms with Crippen LogP contribution >= 0.6 is 11.6 Å². The van der Waals surface area contributed by atoms with Crippen molar-refractivity contribution in [3.8, 4) is 5.75 Å². The van der Waals surface area contributed by atoms with Crippen molar-refractivity contribution >= 4 is 17.5 Å². The first kappa shape index (κ1) is 17.4. The van der Waals surface area contributed by atoms with Crippen molar-refractivity contribution in [1.29, 1.82) is 0 Å².